The molecule has 2 N–H and O–H groups in total. The SMILES string of the molecule is CN(C)C1C(N)CCN1C(=O)c1ccc(CCl)cc1. The summed E-state index contributed by atoms with van der Waals surface area (Å²) in [6.45, 7) is 0.708. The van der Waals surface area contributed by atoms with Gasteiger partial charge in [-0.05, 0) is 38.2 Å². The zero-order valence-electron chi connectivity index (χ0n) is 11.3. The smallest absolute Gasteiger partial charge is 0.255 e. The number of likely N-dealkylation sites (tertiary alicyclic amines) is 1. The van der Waals surface area contributed by atoms with Crippen molar-refractivity contribution in [3.8, 4) is 0 Å². The lowest BCUT2D eigenvalue weighted by Gasteiger charge is -2.32. The fraction of sp³-hybridized carbons (Fsp3) is 0.500. The molecular formula is C14H20ClN3O. The van der Waals surface area contributed by atoms with E-state index in [9.17, 15) is 4.79 Å². The first kappa shape index (κ1) is 14.3. The lowest BCUT2D eigenvalue weighted by Crippen LogP contribution is -2.51. The van der Waals surface area contributed by atoms with E-state index in [0.29, 0.717) is 18.0 Å². The van der Waals surface area contributed by atoms with Crippen LogP contribution in [0.3, 0.4) is 0 Å². The fourth-order valence-electron chi connectivity index (χ4n) is 2.59. The van der Waals surface area contributed by atoms with E-state index in [1.54, 1.807) is 0 Å². The van der Waals surface area contributed by atoms with Gasteiger partial charge in [0.2, 0.25) is 0 Å². The molecule has 0 radical (unpaired) electrons. The number of benzene rings is 1. The van der Waals surface area contributed by atoms with Gasteiger partial charge in [-0.3, -0.25) is 9.69 Å². The number of halogens is 1. The van der Waals surface area contributed by atoms with Gasteiger partial charge >= 0.3 is 0 Å². The highest BCUT2D eigenvalue weighted by Crippen LogP contribution is 2.21. The van der Waals surface area contributed by atoms with Crippen molar-refractivity contribution in [3.05, 3.63) is 35.4 Å². The number of nitrogens with two attached hydrogens (primary N) is 1. The van der Waals surface area contributed by atoms with Crippen LogP contribution >= 0.6 is 11.6 Å². The number of alkyl halides is 1. The quantitative estimate of drug-likeness (QED) is 0.854. The Kier molecular flexibility index (Phi) is 4.45. The van der Waals surface area contributed by atoms with E-state index in [1.165, 1.54) is 0 Å². The lowest BCUT2D eigenvalue weighted by molar-refractivity contribution is 0.0561. The number of carbonyl (C=O) groups is 1. The first-order valence-electron chi connectivity index (χ1n) is 6.42. The van der Waals surface area contributed by atoms with E-state index in [2.05, 4.69) is 0 Å². The first-order valence-corrected chi connectivity index (χ1v) is 6.96. The van der Waals surface area contributed by atoms with Crippen LogP contribution in [-0.2, 0) is 5.88 Å². The zero-order chi connectivity index (χ0) is 14.0. The third kappa shape index (κ3) is 2.91. The summed E-state index contributed by atoms with van der Waals surface area (Å²) in [6.07, 6.45) is 0.814. The van der Waals surface area contributed by atoms with Gasteiger partial charge in [0.15, 0.2) is 0 Å². The standard InChI is InChI=1S/C14H20ClN3O/c1-17(2)13-12(16)7-8-18(13)14(19)11-5-3-10(9-15)4-6-11/h3-6,12-13H,7-9,16H2,1-2H3. The van der Waals surface area contributed by atoms with Crippen LogP contribution in [0.1, 0.15) is 22.3 Å². The van der Waals surface area contributed by atoms with Crippen LogP contribution in [-0.4, -0.2) is 48.6 Å². The summed E-state index contributed by atoms with van der Waals surface area (Å²) in [5.41, 5.74) is 7.78. The molecule has 1 heterocycles. The molecule has 0 aromatic heterocycles. The van der Waals surface area contributed by atoms with Gasteiger partial charge in [-0.1, -0.05) is 12.1 Å². The molecule has 1 amide bonds. The van der Waals surface area contributed by atoms with Crippen molar-refractivity contribution in [3.63, 3.8) is 0 Å². The molecule has 2 atom stereocenters. The third-order valence-electron chi connectivity index (χ3n) is 3.55. The highest BCUT2D eigenvalue weighted by atomic mass is 35.5. The van der Waals surface area contributed by atoms with Crippen LogP contribution in [0, 0.1) is 0 Å². The van der Waals surface area contributed by atoms with Crippen LogP contribution in [0.15, 0.2) is 24.3 Å². The van der Waals surface area contributed by atoms with Crippen LogP contribution < -0.4 is 5.73 Å². The maximum atomic E-state index is 12.5. The van der Waals surface area contributed by atoms with E-state index in [4.69, 9.17) is 17.3 Å². The minimum Gasteiger partial charge on any atom is -0.325 e. The van der Waals surface area contributed by atoms with E-state index < -0.39 is 0 Å². The maximum Gasteiger partial charge on any atom is 0.255 e. The Morgan fingerprint density at radius 1 is 1.42 bits per heavy atom. The minimum atomic E-state index is -0.0276. The molecule has 1 aliphatic heterocycles. The highest BCUT2D eigenvalue weighted by molar-refractivity contribution is 6.17. The summed E-state index contributed by atoms with van der Waals surface area (Å²) in [7, 11) is 3.90. The van der Waals surface area contributed by atoms with Gasteiger partial charge in [0.25, 0.3) is 5.91 Å². The average Bonchev–Trinajstić information content (AvgIpc) is 2.80. The summed E-state index contributed by atoms with van der Waals surface area (Å²) in [5, 5.41) is 0. The highest BCUT2D eigenvalue weighted by Gasteiger charge is 2.36. The molecule has 1 aliphatic rings. The monoisotopic (exact) mass is 281 g/mol. The molecule has 19 heavy (non-hydrogen) atoms. The molecule has 5 heteroatoms. The van der Waals surface area contributed by atoms with Crippen molar-refractivity contribution in [1.29, 1.82) is 0 Å². The van der Waals surface area contributed by atoms with Crippen molar-refractivity contribution < 1.29 is 4.79 Å². The van der Waals surface area contributed by atoms with Crippen LogP contribution in [0.4, 0.5) is 0 Å². The summed E-state index contributed by atoms with van der Waals surface area (Å²) in [4.78, 5) is 16.4. The first-order chi connectivity index (χ1) is 9.04. The topological polar surface area (TPSA) is 49.6 Å². The molecule has 0 bridgehead atoms. The minimum absolute atomic E-state index is 0.0149. The molecule has 0 spiro atoms. The molecule has 1 aromatic rings. The van der Waals surface area contributed by atoms with E-state index in [-0.39, 0.29) is 18.1 Å². The Labute approximate surface area is 119 Å². The van der Waals surface area contributed by atoms with Gasteiger partial charge < -0.3 is 10.6 Å². The number of hydrogen-bond donors (Lipinski definition) is 1. The molecule has 1 aromatic carbocycles. The molecule has 2 unspecified atom stereocenters. The van der Waals surface area contributed by atoms with Crippen molar-refractivity contribution in [1.82, 2.24) is 9.80 Å². The van der Waals surface area contributed by atoms with E-state index in [0.717, 1.165) is 12.0 Å². The number of likely N-dealkylation sites (N-methyl/N-ethyl adjacent to an activating group) is 1. The molecule has 0 saturated carbocycles. The number of carbonyl (C=O) groups excluding carboxylic acids is 1. The Balaban J connectivity index is 2.18. The van der Waals surface area contributed by atoms with Gasteiger partial charge in [0.1, 0.15) is 0 Å². The largest absolute Gasteiger partial charge is 0.325 e. The zero-order valence-corrected chi connectivity index (χ0v) is 12.1. The molecule has 1 saturated heterocycles. The molecule has 1 fully saturated rings. The van der Waals surface area contributed by atoms with Crippen LogP contribution in [0.5, 0.6) is 0 Å². The van der Waals surface area contributed by atoms with E-state index in [1.807, 2.05) is 48.2 Å². The van der Waals surface area contributed by atoms with Gasteiger partial charge in [-0.15, -0.1) is 11.6 Å². The second-order valence-corrected chi connectivity index (χ2v) is 5.43. The number of nitrogens with zero attached hydrogens (tertiary/aromatic N) is 2. The van der Waals surface area contributed by atoms with Gasteiger partial charge in [-0.2, -0.15) is 0 Å². The lowest BCUT2D eigenvalue weighted by atomic mass is 10.1. The normalized spacial score (nSPS) is 23.1. The van der Waals surface area contributed by atoms with Crippen LogP contribution in [0.2, 0.25) is 0 Å². The summed E-state index contributed by atoms with van der Waals surface area (Å²) >= 11 is 5.75. The number of amides is 1. The third-order valence-corrected chi connectivity index (χ3v) is 3.86. The maximum absolute atomic E-state index is 12.5. The molecule has 4 nitrogen and oxygen atoms in total. The Bertz CT molecular complexity index is 447. The van der Waals surface area contributed by atoms with Crippen LogP contribution in [0.25, 0.3) is 0 Å². The predicted molar refractivity (Wildman–Crippen MR) is 77.1 cm³/mol. The molecule has 0 aliphatic carbocycles. The van der Waals surface area contributed by atoms with Crippen molar-refractivity contribution in [2.75, 3.05) is 20.6 Å². The summed E-state index contributed by atoms with van der Waals surface area (Å²) in [6, 6.07) is 7.45. The fourth-order valence-corrected chi connectivity index (χ4v) is 2.76. The van der Waals surface area contributed by atoms with Crippen molar-refractivity contribution in [2.45, 2.75) is 24.5 Å². The second-order valence-electron chi connectivity index (χ2n) is 5.16. The van der Waals surface area contributed by atoms with Gasteiger partial charge in [0, 0.05) is 24.0 Å². The van der Waals surface area contributed by atoms with Crippen molar-refractivity contribution >= 4 is 17.5 Å². The van der Waals surface area contributed by atoms with Crippen molar-refractivity contribution in [2.24, 2.45) is 5.73 Å². The predicted octanol–water partition coefficient (Wildman–Crippen LogP) is 1.49. The number of rotatable bonds is 3. The summed E-state index contributed by atoms with van der Waals surface area (Å²) < 4.78 is 0. The summed E-state index contributed by atoms with van der Waals surface area (Å²) in [5.74, 6) is 0.497. The molecule has 104 valence electrons. The molecule has 2 rings (SSSR count). The van der Waals surface area contributed by atoms with Gasteiger partial charge in [-0.25, -0.2) is 0 Å². The Morgan fingerprint density at radius 2 is 2.05 bits per heavy atom. The number of hydrogen-bond acceptors (Lipinski definition) is 3. The Morgan fingerprint density at radius 3 is 2.58 bits per heavy atom. The average molecular weight is 282 g/mol. The Hall–Kier alpha value is -1.10. The van der Waals surface area contributed by atoms with Gasteiger partial charge in [0.05, 0.1) is 6.17 Å². The van der Waals surface area contributed by atoms with E-state index >= 15 is 0 Å². The second kappa shape index (κ2) is 5.90. The molecular weight excluding hydrogens is 262 g/mol.